The lowest BCUT2D eigenvalue weighted by atomic mass is 10.1. The minimum Gasteiger partial charge on any atom is -0.398 e. The minimum atomic E-state index is 0.331. The van der Waals surface area contributed by atoms with Crippen LogP contribution in [0.2, 0.25) is 0 Å². The molecule has 0 atom stereocenters. The molecule has 20 heavy (non-hydrogen) atoms. The van der Waals surface area contributed by atoms with Crippen molar-refractivity contribution in [2.45, 2.75) is 26.8 Å². The van der Waals surface area contributed by atoms with Crippen LogP contribution in [0, 0.1) is 6.92 Å². The first kappa shape index (κ1) is 12.7. The topological polar surface area (TPSA) is 43.8 Å². The molecule has 3 aromatic rings. The van der Waals surface area contributed by atoms with Gasteiger partial charge in [-0.05, 0) is 45.0 Å². The molecule has 2 aromatic carbocycles. The van der Waals surface area contributed by atoms with E-state index in [0.29, 0.717) is 6.04 Å². The standard InChI is InChI=1S/C17H19N3/c1-11(2)20-16-7-5-4-6-15(16)19-17(20)13-10-12(3)8-9-14(13)18/h4-11H,18H2,1-3H3. The molecule has 0 aliphatic heterocycles. The predicted octanol–water partition coefficient (Wildman–Crippen LogP) is 4.17. The van der Waals surface area contributed by atoms with Crippen molar-refractivity contribution < 1.29 is 0 Å². The van der Waals surface area contributed by atoms with Gasteiger partial charge >= 0.3 is 0 Å². The second kappa shape index (κ2) is 4.67. The number of nitrogen functional groups attached to an aromatic ring is 1. The average Bonchev–Trinajstić information content (AvgIpc) is 2.80. The summed E-state index contributed by atoms with van der Waals surface area (Å²) in [5.74, 6) is 0.947. The normalized spacial score (nSPS) is 11.4. The summed E-state index contributed by atoms with van der Waals surface area (Å²) < 4.78 is 2.25. The van der Waals surface area contributed by atoms with E-state index in [2.05, 4.69) is 37.5 Å². The van der Waals surface area contributed by atoms with E-state index in [-0.39, 0.29) is 0 Å². The quantitative estimate of drug-likeness (QED) is 0.706. The van der Waals surface area contributed by atoms with Gasteiger partial charge in [-0.2, -0.15) is 0 Å². The van der Waals surface area contributed by atoms with Gasteiger partial charge in [0, 0.05) is 17.3 Å². The van der Waals surface area contributed by atoms with E-state index in [4.69, 9.17) is 10.7 Å². The van der Waals surface area contributed by atoms with Crippen molar-refractivity contribution >= 4 is 16.7 Å². The van der Waals surface area contributed by atoms with Gasteiger partial charge in [-0.1, -0.05) is 23.8 Å². The van der Waals surface area contributed by atoms with Gasteiger partial charge in [0.2, 0.25) is 0 Å². The Hall–Kier alpha value is -2.29. The third-order valence-corrected chi connectivity index (χ3v) is 3.56. The first-order valence-corrected chi connectivity index (χ1v) is 6.91. The second-order valence-corrected chi connectivity index (χ2v) is 5.48. The summed E-state index contributed by atoms with van der Waals surface area (Å²) in [6.45, 7) is 6.42. The molecule has 1 heterocycles. The van der Waals surface area contributed by atoms with Crippen LogP contribution in [0.15, 0.2) is 42.5 Å². The van der Waals surface area contributed by atoms with Gasteiger partial charge in [-0.3, -0.25) is 0 Å². The summed E-state index contributed by atoms with van der Waals surface area (Å²) in [7, 11) is 0. The molecule has 0 spiro atoms. The number of anilines is 1. The average molecular weight is 265 g/mol. The molecule has 0 unspecified atom stereocenters. The fourth-order valence-corrected chi connectivity index (χ4v) is 2.62. The molecule has 0 fully saturated rings. The number of imidazole rings is 1. The van der Waals surface area contributed by atoms with Gasteiger partial charge in [0.15, 0.2) is 0 Å². The number of hydrogen-bond acceptors (Lipinski definition) is 2. The highest BCUT2D eigenvalue weighted by molar-refractivity contribution is 5.84. The molecule has 0 aliphatic rings. The number of aryl methyl sites for hydroxylation is 1. The number of nitrogens with zero attached hydrogens (tertiary/aromatic N) is 2. The second-order valence-electron chi connectivity index (χ2n) is 5.48. The zero-order chi connectivity index (χ0) is 14.3. The maximum Gasteiger partial charge on any atom is 0.143 e. The monoisotopic (exact) mass is 265 g/mol. The Morgan fingerprint density at radius 1 is 1.10 bits per heavy atom. The molecule has 0 saturated carbocycles. The van der Waals surface area contributed by atoms with Crippen molar-refractivity contribution in [3.63, 3.8) is 0 Å². The van der Waals surface area contributed by atoms with E-state index in [0.717, 1.165) is 28.1 Å². The van der Waals surface area contributed by atoms with E-state index in [1.165, 1.54) is 5.56 Å². The number of para-hydroxylation sites is 2. The van der Waals surface area contributed by atoms with Gasteiger partial charge in [0.05, 0.1) is 11.0 Å². The van der Waals surface area contributed by atoms with Gasteiger partial charge in [-0.15, -0.1) is 0 Å². The smallest absolute Gasteiger partial charge is 0.143 e. The molecule has 3 rings (SSSR count). The summed E-state index contributed by atoms with van der Waals surface area (Å²) in [5, 5.41) is 0. The minimum absolute atomic E-state index is 0.331. The van der Waals surface area contributed by atoms with E-state index < -0.39 is 0 Å². The Morgan fingerprint density at radius 3 is 2.60 bits per heavy atom. The van der Waals surface area contributed by atoms with Crippen LogP contribution in [-0.4, -0.2) is 9.55 Å². The lowest BCUT2D eigenvalue weighted by molar-refractivity contribution is 0.624. The van der Waals surface area contributed by atoms with E-state index in [9.17, 15) is 0 Å². The molecular weight excluding hydrogens is 246 g/mol. The predicted molar refractivity (Wildman–Crippen MR) is 84.7 cm³/mol. The number of aromatic nitrogens is 2. The van der Waals surface area contributed by atoms with E-state index >= 15 is 0 Å². The van der Waals surface area contributed by atoms with Crippen molar-refractivity contribution in [2.75, 3.05) is 5.73 Å². The number of nitrogens with two attached hydrogens (primary N) is 1. The molecule has 3 heteroatoms. The third kappa shape index (κ3) is 1.95. The zero-order valence-electron chi connectivity index (χ0n) is 12.1. The molecule has 0 radical (unpaired) electrons. The summed E-state index contributed by atoms with van der Waals surface area (Å²) in [4.78, 5) is 4.79. The summed E-state index contributed by atoms with van der Waals surface area (Å²) in [6.07, 6.45) is 0. The molecule has 0 amide bonds. The number of fused-ring (bicyclic) bond motifs is 1. The van der Waals surface area contributed by atoms with Crippen LogP contribution in [0.25, 0.3) is 22.4 Å². The third-order valence-electron chi connectivity index (χ3n) is 3.56. The molecule has 3 nitrogen and oxygen atoms in total. The SMILES string of the molecule is Cc1ccc(N)c(-c2nc3ccccc3n2C(C)C)c1. The van der Waals surface area contributed by atoms with Crippen LogP contribution >= 0.6 is 0 Å². The fraction of sp³-hybridized carbons (Fsp3) is 0.235. The van der Waals surface area contributed by atoms with Gasteiger partial charge < -0.3 is 10.3 Å². The molecular formula is C17H19N3. The van der Waals surface area contributed by atoms with Crippen LogP contribution in [0.4, 0.5) is 5.69 Å². The van der Waals surface area contributed by atoms with E-state index in [1.54, 1.807) is 0 Å². The van der Waals surface area contributed by atoms with Crippen molar-refractivity contribution in [2.24, 2.45) is 0 Å². The highest BCUT2D eigenvalue weighted by atomic mass is 15.1. The molecule has 102 valence electrons. The molecule has 0 bridgehead atoms. The van der Waals surface area contributed by atoms with Crippen LogP contribution in [0.5, 0.6) is 0 Å². The van der Waals surface area contributed by atoms with Crippen LogP contribution < -0.4 is 5.73 Å². The lowest BCUT2D eigenvalue weighted by Gasteiger charge is -2.14. The molecule has 0 aliphatic carbocycles. The summed E-state index contributed by atoms with van der Waals surface area (Å²) in [6, 6.07) is 14.6. The highest BCUT2D eigenvalue weighted by Crippen LogP contribution is 2.32. The van der Waals surface area contributed by atoms with Crippen molar-refractivity contribution in [3.05, 3.63) is 48.0 Å². The molecule has 0 saturated heterocycles. The fourth-order valence-electron chi connectivity index (χ4n) is 2.62. The largest absolute Gasteiger partial charge is 0.398 e. The molecule has 1 aromatic heterocycles. The Morgan fingerprint density at radius 2 is 1.85 bits per heavy atom. The van der Waals surface area contributed by atoms with Crippen molar-refractivity contribution in [3.8, 4) is 11.4 Å². The Labute approximate surface area is 119 Å². The molecule has 2 N–H and O–H groups in total. The first-order chi connectivity index (χ1) is 9.58. The number of benzene rings is 2. The first-order valence-electron chi connectivity index (χ1n) is 6.91. The number of hydrogen-bond donors (Lipinski definition) is 1. The Bertz CT molecular complexity index is 769. The summed E-state index contributed by atoms with van der Waals surface area (Å²) >= 11 is 0. The lowest BCUT2D eigenvalue weighted by Crippen LogP contribution is -2.04. The number of rotatable bonds is 2. The van der Waals surface area contributed by atoms with Crippen LogP contribution in [-0.2, 0) is 0 Å². The highest BCUT2D eigenvalue weighted by Gasteiger charge is 2.16. The van der Waals surface area contributed by atoms with E-state index in [1.807, 2.05) is 30.3 Å². The van der Waals surface area contributed by atoms with Crippen molar-refractivity contribution in [1.82, 2.24) is 9.55 Å². The van der Waals surface area contributed by atoms with Crippen LogP contribution in [0.3, 0.4) is 0 Å². The Balaban J connectivity index is 2.35. The maximum absolute atomic E-state index is 6.16. The maximum atomic E-state index is 6.16. The summed E-state index contributed by atoms with van der Waals surface area (Å²) in [5.41, 5.74) is 11.3. The van der Waals surface area contributed by atoms with Crippen molar-refractivity contribution in [1.29, 1.82) is 0 Å². The Kier molecular flexibility index (Phi) is 2.97. The van der Waals surface area contributed by atoms with Gasteiger partial charge in [-0.25, -0.2) is 4.98 Å². The zero-order valence-corrected chi connectivity index (χ0v) is 12.1. The van der Waals surface area contributed by atoms with Gasteiger partial charge in [0.25, 0.3) is 0 Å². The van der Waals surface area contributed by atoms with Crippen LogP contribution in [0.1, 0.15) is 25.5 Å². The van der Waals surface area contributed by atoms with Gasteiger partial charge in [0.1, 0.15) is 5.82 Å².